The lowest BCUT2D eigenvalue weighted by Gasteiger charge is -2.18. The third kappa shape index (κ3) is 4.98. The number of hydrogen-bond acceptors (Lipinski definition) is 5. The molecule has 1 aromatic carbocycles. The van der Waals surface area contributed by atoms with E-state index in [0.29, 0.717) is 5.75 Å². The average molecular weight is 396 g/mol. The van der Waals surface area contributed by atoms with Gasteiger partial charge in [-0.2, -0.15) is 0 Å². The van der Waals surface area contributed by atoms with E-state index in [0.717, 1.165) is 42.6 Å². The van der Waals surface area contributed by atoms with E-state index >= 15 is 0 Å². The van der Waals surface area contributed by atoms with Gasteiger partial charge in [-0.15, -0.1) is 10.2 Å². The van der Waals surface area contributed by atoms with Crippen LogP contribution < -0.4 is 0 Å². The van der Waals surface area contributed by atoms with Crippen molar-refractivity contribution in [3.8, 4) is 11.4 Å². The van der Waals surface area contributed by atoms with E-state index in [9.17, 15) is 4.79 Å². The van der Waals surface area contributed by atoms with Crippen LogP contribution >= 0.6 is 11.8 Å². The Hall–Kier alpha value is -2.67. The maximum absolute atomic E-state index is 12.4. The Morgan fingerprint density at radius 1 is 1.04 bits per heavy atom. The van der Waals surface area contributed by atoms with Gasteiger partial charge < -0.3 is 9.47 Å². The summed E-state index contributed by atoms with van der Waals surface area (Å²) in [7, 11) is 0. The average Bonchev–Trinajstić information content (AvgIpc) is 3.15. The molecule has 2 aromatic heterocycles. The van der Waals surface area contributed by atoms with E-state index in [1.807, 2.05) is 49.1 Å². The molecule has 0 N–H and O–H groups in total. The monoisotopic (exact) mass is 395 g/mol. The molecule has 28 heavy (non-hydrogen) atoms. The Morgan fingerprint density at radius 3 is 2.43 bits per heavy atom. The first-order chi connectivity index (χ1) is 13.7. The highest BCUT2D eigenvalue weighted by Crippen LogP contribution is 2.24. The minimum Gasteiger partial charge on any atom is -0.343 e. The van der Waals surface area contributed by atoms with Gasteiger partial charge in [0, 0.05) is 37.6 Å². The molecular formula is C21H25N5OS. The first kappa shape index (κ1) is 20.1. The standard InChI is InChI=1S/C21H25N5OS/c1-3-25(4-2)19(27)16-28-21-24-23-20(18-10-13-22-14-11-18)26(21)15-12-17-8-6-5-7-9-17/h5-11,13-14H,3-4,12,15-16H2,1-2H3. The van der Waals surface area contributed by atoms with Gasteiger partial charge in [-0.1, -0.05) is 42.1 Å². The molecule has 0 fully saturated rings. The van der Waals surface area contributed by atoms with Crippen LogP contribution in [0.5, 0.6) is 0 Å². The summed E-state index contributed by atoms with van der Waals surface area (Å²) in [6, 6.07) is 14.2. The molecule has 0 atom stereocenters. The van der Waals surface area contributed by atoms with Crippen LogP contribution in [-0.2, 0) is 17.8 Å². The van der Waals surface area contributed by atoms with Crippen LogP contribution in [0.4, 0.5) is 0 Å². The summed E-state index contributed by atoms with van der Waals surface area (Å²) in [5.41, 5.74) is 2.23. The van der Waals surface area contributed by atoms with Crippen LogP contribution in [0.25, 0.3) is 11.4 Å². The van der Waals surface area contributed by atoms with E-state index in [1.165, 1.54) is 17.3 Å². The van der Waals surface area contributed by atoms with Gasteiger partial charge in [-0.3, -0.25) is 9.78 Å². The van der Waals surface area contributed by atoms with Crippen LogP contribution in [0.1, 0.15) is 19.4 Å². The van der Waals surface area contributed by atoms with Gasteiger partial charge in [0.25, 0.3) is 0 Å². The quantitative estimate of drug-likeness (QED) is 0.519. The van der Waals surface area contributed by atoms with Crippen molar-refractivity contribution in [1.82, 2.24) is 24.6 Å². The highest BCUT2D eigenvalue weighted by Gasteiger charge is 2.17. The summed E-state index contributed by atoms with van der Waals surface area (Å²) in [6.07, 6.45) is 4.37. The second-order valence-corrected chi connectivity index (χ2v) is 7.23. The lowest BCUT2D eigenvalue weighted by Crippen LogP contribution is -2.31. The fourth-order valence-corrected chi connectivity index (χ4v) is 3.86. The van der Waals surface area contributed by atoms with Crippen molar-refractivity contribution in [1.29, 1.82) is 0 Å². The van der Waals surface area contributed by atoms with E-state index in [4.69, 9.17) is 0 Å². The largest absolute Gasteiger partial charge is 0.343 e. The van der Waals surface area contributed by atoms with Gasteiger partial charge in [-0.05, 0) is 38.0 Å². The molecule has 3 aromatic rings. The number of hydrogen-bond donors (Lipinski definition) is 0. The highest BCUT2D eigenvalue weighted by atomic mass is 32.2. The number of rotatable bonds is 9. The Labute approximate surface area is 170 Å². The van der Waals surface area contributed by atoms with Crippen molar-refractivity contribution >= 4 is 17.7 Å². The Morgan fingerprint density at radius 2 is 1.75 bits per heavy atom. The normalized spacial score (nSPS) is 10.8. The molecule has 0 aliphatic carbocycles. The van der Waals surface area contributed by atoms with Crippen molar-refractivity contribution in [3.63, 3.8) is 0 Å². The van der Waals surface area contributed by atoms with Crippen molar-refractivity contribution < 1.29 is 4.79 Å². The summed E-state index contributed by atoms with van der Waals surface area (Å²) in [5.74, 6) is 1.29. The third-order valence-corrected chi connectivity index (χ3v) is 5.51. The van der Waals surface area contributed by atoms with E-state index in [2.05, 4.69) is 31.9 Å². The molecule has 0 saturated carbocycles. The number of pyridine rings is 1. The molecule has 6 nitrogen and oxygen atoms in total. The number of carbonyl (C=O) groups excluding carboxylic acids is 1. The Balaban J connectivity index is 1.81. The van der Waals surface area contributed by atoms with Gasteiger partial charge in [-0.25, -0.2) is 0 Å². The molecule has 0 unspecified atom stereocenters. The summed E-state index contributed by atoms with van der Waals surface area (Å²) in [5, 5.41) is 9.54. The molecule has 146 valence electrons. The van der Waals surface area contributed by atoms with Gasteiger partial charge in [0.15, 0.2) is 11.0 Å². The van der Waals surface area contributed by atoms with Crippen LogP contribution in [0.3, 0.4) is 0 Å². The predicted molar refractivity (Wildman–Crippen MR) is 112 cm³/mol. The molecule has 0 saturated heterocycles. The van der Waals surface area contributed by atoms with Gasteiger partial charge >= 0.3 is 0 Å². The number of aryl methyl sites for hydroxylation is 1. The molecule has 1 amide bonds. The molecule has 0 spiro atoms. The minimum atomic E-state index is 0.123. The smallest absolute Gasteiger partial charge is 0.233 e. The zero-order valence-electron chi connectivity index (χ0n) is 16.3. The van der Waals surface area contributed by atoms with Gasteiger partial charge in [0.05, 0.1) is 5.75 Å². The maximum atomic E-state index is 12.4. The number of thioether (sulfide) groups is 1. The van der Waals surface area contributed by atoms with Crippen molar-refractivity contribution in [3.05, 3.63) is 60.4 Å². The van der Waals surface area contributed by atoms with Crippen LogP contribution in [0, 0.1) is 0 Å². The Bertz CT molecular complexity index is 878. The first-order valence-electron chi connectivity index (χ1n) is 9.51. The summed E-state index contributed by atoms with van der Waals surface area (Å²) in [4.78, 5) is 18.3. The highest BCUT2D eigenvalue weighted by molar-refractivity contribution is 7.99. The fraction of sp³-hybridized carbons (Fsp3) is 0.333. The number of amides is 1. The molecule has 3 rings (SSSR count). The van der Waals surface area contributed by atoms with Crippen molar-refractivity contribution in [2.24, 2.45) is 0 Å². The summed E-state index contributed by atoms with van der Waals surface area (Å²) in [6.45, 7) is 6.18. The molecule has 0 radical (unpaired) electrons. The summed E-state index contributed by atoms with van der Waals surface area (Å²) >= 11 is 1.45. The Kier molecular flexibility index (Phi) is 7.19. The van der Waals surface area contributed by atoms with E-state index in [1.54, 1.807) is 12.4 Å². The van der Waals surface area contributed by atoms with Crippen LogP contribution in [0.15, 0.2) is 60.0 Å². The summed E-state index contributed by atoms with van der Waals surface area (Å²) < 4.78 is 2.10. The molecular weight excluding hydrogens is 370 g/mol. The zero-order valence-corrected chi connectivity index (χ0v) is 17.1. The topological polar surface area (TPSA) is 63.9 Å². The van der Waals surface area contributed by atoms with Crippen molar-refractivity contribution in [2.75, 3.05) is 18.8 Å². The number of nitrogens with zero attached hydrogens (tertiary/aromatic N) is 5. The minimum absolute atomic E-state index is 0.123. The fourth-order valence-electron chi connectivity index (χ4n) is 2.99. The zero-order chi connectivity index (χ0) is 19.8. The van der Waals surface area contributed by atoms with Gasteiger partial charge in [0.1, 0.15) is 0 Å². The SMILES string of the molecule is CCN(CC)C(=O)CSc1nnc(-c2ccncc2)n1CCc1ccccc1. The van der Waals surface area contributed by atoms with E-state index < -0.39 is 0 Å². The molecule has 7 heteroatoms. The second-order valence-electron chi connectivity index (χ2n) is 6.28. The van der Waals surface area contributed by atoms with Crippen LogP contribution in [-0.4, -0.2) is 49.4 Å². The van der Waals surface area contributed by atoms with Crippen molar-refractivity contribution in [2.45, 2.75) is 32.0 Å². The molecule has 0 aliphatic rings. The lowest BCUT2D eigenvalue weighted by molar-refractivity contribution is -0.127. The van der Waals surface area contributed by atoms with Gasteiger partial charge in [0.2, 0.25) is 5.91 Å². The van der Waals surface area contributed by atoms with Crippen LogP contribution in [0.2, 0.25) is 0 Å². The van der Waals surface area contributed by atoms with E-state index in [-0.39, 0.29) is 5.91 Å². The third-order valence-electron chi connectivity index (χ3n) is 4.56. The maximum Gasteiger partial charge on any atom is 0.233 e. The molecule has 0 aliphatic heterocycles. The lowest BCUT2D eigenvalue weighted by atomic mass is 10.1. The molecule has 0 bridgehead atoms. The number of benzene rings is 1. The number of aromatic nitrogens is 4. The predicted octanol–water partition coefficient (Wildman–Crippen LogP) is 3.54. The first-order valence-corrected chi connectivity index (χ1v) is 10.5. The molecule has 2 heterocycles. The second kappa shape index (κ2) is 10.0. The number of carbonyl (C=O) groups is 1.